The molecule has 1 unspecified atom stereocenters. The molecule has 3 nitrogen and oxygen atoms in total. The topological polar surface area (TPSA) is 48.1 Å². The molecule has 0 aliphatic heterocycles. The van der Waals surface area contributed by atoms with Crippen molar-refractivity contribution >= 4 is 15.9 Å². The number of aromatic nitrogens is 1. The summed E-state index contributed by atoms with van der Waals surface area (Å²) >= 11 is 3.37. The Morgan fingerprint density at radius 2 is 1.86 bits per heavy atom. The molecule has 0 spiro atoms. The van der Waals surface area contributed by atoms with Gasteiger partial charge in [0.1, 0.15) is 5.75 Å². The predicted molar refractivity (Wildman–Crippen MR) is 75.7 cm³/mol. The Kier molecular flexibility index (Phi) is 4.84. The molecule has 2 aromatic rings. The Morgan fingerprint density at radius 3 is 2.43 bits per heavy atom. The third-order valence-electron chi connectivity index (χ3n) is 2.75. The number of ether oxygens (including phenoxy) is 1. The molecule has 21 heavy (non-hydrogen) atoms. The third-order valence-corrected chi connectivity index (χ3v) is 3.42. The van der Waals surface area contributed by atoms with Gasteiger partial charge in [0, 0.05) is 10.7 Å². The minimum absolute atomic E-state index is 0.251. The van der Waals surface area contributed by atoms with E-state index in [9.17, 15) is 13.2 Å². The quantitative estimate of drug-likeness (QED) is 0.896. The van der Waals surface area contributed by atoms with E-state index in [4.69, 9.17) is 5.73 Å². The van der Waals surface area contributed by atoms with Crippen LogP contribution in [0.3, 0.4) is 0 Å². The maximum Gasteiger partial charge on any atom is 0.573 e. The second-order valence-corrected chi connectivity index (χ2v) is 5.23. The molecule has 0 aliphatic carbocycles. The summed E-state index contributed by atoms with van der Waals surface area (Å²) in [5, 5.41) is 0. The van der Waals surface area contributed by atoms with Crippen LogP contribution in [0.2, 0.25) is 0 Å². The lowest BCUT2D eigenvalue weighted by Gasteiger charge is -2.13. The van der Waals surface area contributed by atoms with Gasteiger partial charge in [-0.2, -0.15) is 0 Å². The minimum Gasteiger partial charge on any atom is -0.406 e. The van der Waals surface area contributed by atoms with Gasteiger partial charge in [-0.1, -0.05) is 12.1 Å². The van der Waals surface area contributed by atoms with Crippen molar-refractivity contribution in [3.8, 4) is 5.75 Å². The summed E-state index contributed by atoms with van der Waals surface area (Å²) in [4.78, 5) is 4.20. The molecule has 0 bridgehead atoms. The van der Waals surface area contributed by atoms with Crippen LogP contribution in [0.25, 0.3) is 0 Å². The molecule has 0 saturated heterocycles. The number of hydrogen-bond acceptors (Lipinski definition) is 3. The van der Waals surface area contributed by atoms with Gasteiger partial charge in [-0.05, 0) is 52.2 Å². The summed E-state index contributed by atoms with van der Waals surface area (Å²) in [7, 11) is 0. The van der Waals surface area contributed by atoms with Gasteiger partial charge in [0.05, 0.1) is 11.7 Å². The molecule has 1 heterocycles. The van der Waals surface area contributed by atoms with Crippen LogP contribution in [-0.4, -0.2) is 11.3 Å². The Hall–Kier alpha value is -1.60. The summed E-state index contributed by atoms with van der Waals surface area (Å²) in [6.07, 6.45) is -2.58. The average Bonchev–Trinajstić information content (AvgIpc) is 2.40. The van der Waals surface area contributed by atoms with Crippen molar-refractivity contribution in [2.45, 2.75) is 18.8 Å². The Morgan fingerprint density at radius 1 is 1.19 bits per heavy atom. The monoisotopic (exact) mass is 360 g/mol. The van der Waals surface area contributed by atoms with E-state index in [1.165, 1.54) is 12.1 Å². The van der Waals surface area contributed by atoms with Gasteiger partial charge in [0.25, 0.3) is 0 Å². The minimum atomic E-state index is -4.68. The van der Waals surface area contributed by atoms with Crippen molar-refractivity contribution in [2.75, 3.05) is 0 Å². The largest absolute Gasteiger partial charge is 0.573 e. The number of nitrogens with two attached hydrogens (primary N) is 1. The van der Waals surface area contributed by atoms with Crippen molar-refractivity contribution in [3.05, 3.63) is 58.3 Å². The van der Waals surface area contributed by atoms with E-state index >= 15 is 0 Å². The zero-order valence-corrected chi connectivity index (χ0v) is 12.4. The van der Waals surface area contributed by atoms with Crippen molar-refractivity contribution in [1.29, 1.82) is 0 Å². The van der Waals surface area contributed by atoms with Gasteiger partial charge in [-0.15, -0.1) is 13.2 Å². The number of pyridine rings is 1. The fraction of sp³-hybridized carbons (Fsp3) is 0.214. The highest BCUT2D eigenvalue weighted by molar-refractivity contribution is 9.10. The average molecular weight is 361 g/mol. The highest BCUT2D eigenvalue weighted by atomic mass is 79.9. The maximum atomic E-state index is 12.1. The number of alkyl halides is 3. The molecule has 2 N–H and O–H groups in total. The first-order valence-electron chi connectivity index (χ1n) is 6.06. The number of rotatable bonds is 4. The summed E-state index contributed by atoms with van der Waals surface area (Å²) in [6, 6.07) is 8.91. The molecule has 1 atom stereocenters. The predicted octanol–water partition coefficient (Wildman–Crippen LogP) is 3.99. The molecule has 1 aromatic carbocycles. The van der Waals surface area contributed by atoms with E-state index in [0.717, 1.165) is 10.0 Å². The fourth-order valence-corrected chi connectivity index (χ4v) is 2.40. The molecular weight excluding hydrogens is 349 g/mol. The fourth-order valence-electron chi connectivity index (χ4n) is 1.85. The van der Waals surface area contributed by atoms with E-state index in [1.54, 1.807) is 24.4 Å². The van der Waals surface area contributed by atoms with Gasteiger partial charge in [0.15, 0.2) is 0 Å². The Labute approximate surface area is 128 Å². The van der Waals surface area contributed by atoms with Crippen molar-refractivity contribution in [1.82, 2.24) is 4.98 Å². The second-order valence-electron chi connectivity index (χ2n) is 4.37. The maximum absolute atomic E-state index is 12.1. The third kappa shape index (κ3) is 4.71. The zero-order valence-electron chi connectivity index (χ0n) is 10.8. The molecule has 0 radical (unpaired) electrons. The smallest absolute Gasteiger partial charge is 0.406 e. The van der Waals surface area contributed by atoms with Gasteiger partial charge >= 0.3 is 6.36 Å². The number of benzene rings is 1. The lowest BCUT2D eigenvalue weighted by atomic mass is 10.0. The molecule has 7 heteroatoms. The van der Waals surface area contributed by atoms with Crippen LogP contribution >= 0.6 is 15.9 Å². The first-order chi connectivity index (χ1) is 9.85. The molecule has 0 amide bonds. The lowest BCUT2D eigenvalue weighted by Crippen LogP contribution is -2.17. The van der Waals surface area contributed by atoms with Crippen LogP contribution in [0.4, 0.5) is 13.2 Å². The van der Waals surface area contributed by atoms with Crippen LogP contribution in [-0.2, 0) is 6.42 Å². The molecule has 0 fully saturated rings. The van der Waals surface area contributed by atoms with E-state index in [0.29, 0.717) is 12.1 Å². The molecular formula is C14H12BrF3N2O. The molecule has 0 aliphatic rings. The molecule has 112 valence electrons. The van der Waals surface area contributed by atoms with Crippen LogP contribution in [0.1, 0.15) is 17.3 Å². The Bertz CT molecular complexity index is 602. The van der Waals surface area contributed by atoms with E-state index in [-0.39, 0.29) is 11.8 Å². The number of nitrogens with zero attached hydrogens (tertiary/aromatic N) is 1. The van der Waals surface area contributed by atoms with E-state index < -0.39 is 6.36 Å². The van der Waals surface area contributed by atoms with Gasteiger partial charge < -0.3 is 10.5 Å². The Balaban J connectivity index is 2.05. The summed E-state index contributed by atoms with van der Waals surface area (Å²) < 4.78 is 40.8. The van der Waals surface area contributed by atoms with Gasteiger partial charge in [-0.3, -0.25) is 4.98 Å². The highest BCUT2D eigenvalue weighted by Crippen LogP contribution is 2.25. The van der Waals surface area contributed by atoms with Crippen LogP contribution < -0.4 is 10.5 Å². The SMILES string of the molecule is NC(Cc1ccc(OC(F)(F)F)cc1)c1ncccc1Br. The van der Waals surface area contributed by atoms with Gasteiger partial charge in [-0.25, -0.2) is 0 Å². The van der Waals surface area contributed by atoms with Crippen LogP contribution in [0, 0.1) is 0 Å². The van der Waals surface area contributed by atoms with Crippen LogP contribution in [0.15, 0.2) is 47.1 Å². The first kappa shape index (κ1) is 15.8. The van der Waals surface area contributed by atoms with Gasteiger partial charge in [0.2, 0.25) is 0 Å². The zero-order chi connectivity index (χ0) is 15.5. The normalized spacial score (nSPS) is 13.0. The van der Waals surface area contributed by atoms with E-state index in [1.807, 2.05) is 6.07 Å². The highest BCUT2D eigenvalue weighted by Gasteiger charge is 2.30. The van der Waals surface area contributed by atoms with E-state index in [2.05, 4.69) is 25.7 Å². The summed E-state index contributed by atoms with van der Waals surface area (Å²) in [5.74, 6) is -0.251. The first-order valence-corrected chi connectivity index (χ1v) is 6.85. The summed E-state index contributed by atoms with van der Waals surface area (Å²) in [6.45, 7) is 0. The van der Waals surface area contributed by atoms with Crippen molar-refractivity contribution in [3.63, 3.8) is 0 Å². The standard InChI is InChI=1S/C14H12BrF3N2O/c15-11-2-1-7-20-13(11)12(19)8-9-3-5-10(6-4-9)21-14(16,17)18/h1-7,12H,8,19H2. The molecule has 0 saturated carbocycles. The lowest BCUT2D eigenvalue weighted by molar-refractivity contribution is -0.274. The molecule has 2 rings (SSSR count). The number of hydrogen-bond donors (Lipinski definition) is 1. The van der Waals surface area contributed by atoms with Crippen LogP contribution in [0.5, 0.6) is 5.75 Å². The number of halogens is 4. The molecule has 1 aromatic heterocycles. The summed E-state index contributed by atoms with van der Waals surface area (Å²) in [5.41, 5.74) is 7.57. The van der Waals surface area contributed by atoms with Crippen molar-refractivity contribution < 1.29 is 17.9 Å². The van der Waals surface area contributed by atoms with Crippen molar-refractivity contribution in [2.24, 2.45) is 5.73 Å². The second kappa shape index (κ2) is 6.44.